The summed E-state index contributed by atoms with van der Waals surface area (Å²) >= 11 is 0. The Kier molecular flexibility index (Phi) is 6.10. The molecule has 0 radical (unpaired) electrons. The van der Waals surface area contributed by atoms with Crippen molar-refractivity contribution < 1.29 is 19.1 Å². The third-order valence-corrected chi connectivity index (χ3v) is 2.20. The minimum atomic E-state index is -0.921. The number of ketones is 1. The normalized spacial score (nSPS) is 11.4. The lowest BCUT2D eigenvalue weighted by Gasteiger charge is -2.23. The first-order valence-electron chi connectivity index (χ1n) is 5.69. The SMILES string of the molecule is C=C(C)C(=O)C(C)(C)OCCOC(=O)C(C)C. The van der Waals surface area contributed by atoms with Crippen molar-refractivity contribution in [3.8, 4) is 0 Å². The van der Waals surface area contributed by atoms with Gasteiger partial charge < -0.3 is 9.47 Å². The van der Waals surface area contributed by atoms with Gasteiger partial charge in [0.2, 0.25) is 0 Å². The predicted octanol–water partition coefficient (Wildman–Crippen LogP) is 2.13. The van der Waals surface area contributed by atoms with Crippen LogP contribution in [-0.4, -0.2) is 30.6 Å². The topological polar surface area (TPSA) is 52.6 Å². The van der Waals surface area contributed by atoms with Crippen molar-refractivity contribution in [2.45, 2.75) is 40.2 Å². The minimum Gasteiger partial charge on any atom is -0.463 e. The molecule has 17 heavy (non-hydrogen) atoms. The summed E-state index contributed by atoms with van der Waals surface area (Å²) in [5.74, 6) is -0.564. The maximum Gasteiger partial charge on any atom is 0.308 e. The van der Waals surface area contributed by atoms with E-state index in [2.05, 4.69) is 6.58 Å². The summed E-state index contributed by atoms with van der Waals surface area (Å²) < 4.78 is 10.3. The highest BCUT2D eigenvalue weighted by Crippen LogP contribution is 2.14. The molecule has 0 spiro atoms. The van der Waals surface area contributed by atoms with E-state index in [-0.39, 0.29) is 30.9 Å². The molecule has 0 bridgehead atoms. The molecule has 0 amide bonds. The number of carbonyl (C=O) groups is 2. The zero-order valence-electron chi connectivity index (χ0n) is 11.3. The monoisotopic (exact) mass is 242 g/mol. The molecule has 0 aliphatic rings. The molecule has 0 aromatic heterocycles. The maximum atomic E-state index is 11.7. The summed E-state index contributed by atoms with van der Waals surface area (Å²) in [5, 5.41) is 0. The minimum absolute atomic E-state index is 0.146. The Morgan fingerprint density at radius 2 is 1.76 bits per heavy atom. The van der Waals surface area contributed by atoms with E-state index in [1.165, 1.54) is 0 Å². The van der Waals surface area contributed by atoms with Crippen LogP contribution in [0.3, 0.4) is 0 Å². The third kappa shape index (κ3) is 5.63. The number of hydrogen-bond donors (Lipinski definition) is 0. The average molecular weight is 242 g/mol. The summed E-state index contributed by atoms with van der Waals surface area (Å²) in [7, 11) is 0. The Morgan fingerprint density at radius 1 is 1.24 bits per heavy atom. The van der Waals surface area contributed by atoms with Crippen LogP contribution in [0.4, 0.5) is 0 Å². The van der Waals surface area contributed by atoms with E-state index in [0.717, 1.165) is 0 Å². The summed E-state index contributed by atoms with van der Waals surface area (Å²) in [4.78, 5) is 22.8. The van der Waals surface area contributed by atoms with Crippen LogP contribution in [0.15, 0.2) is 12.2 Å². The van der Waals surface area contributed by atoms with Gasteiger partial charge in [-0.15, -0.1) is 0 Å². The molecular weight excluding hydrogens is 220 g/mol. The summed E-state index contributed by atoms with van der Waals surface area (Å²) in [6, 6.07) is 0. The van der Waals surface area contributed by atoms with Gasteiger partial charge in [-0.2, -0.15) is 0 Å². The van der Waals surface area contributed by atoms with E-state index < -0.39 is 5.60 Å². The van der Waals surface area contributed by atoms with Gasteiger partial charge >= 0.3 is 5.97 Å². The third-order valence-electron chi connectivity index (χ3n) is 2.20. The molecule has 0 aromatic carbocycles. The number of hydrogen-bond acceptors (Lipinski definition) is 4. The van der Waals surface area contributed by atoms with Gasteiger partial charge in [0.25, 0.3) is 0 Å². The van der Waals surface area contributed by atoms with Crippen LogP contribution in [0, 0.1) is 5.92 Å². The Bertz CT molecular complexity index is 303. The van der Waals surface area contributed by atoms with Crippen LogP contribution >= 0.6 is 0 Å². The second-order valence-corrected chi connectivity index (χ2v) is 4.79. The molecule has 0 aliphatic heterocycles. The van der Waals surface area contributed by atoms with Crippen molar-refractivity contribution in [3.63, 3.8) is 0 Å². The maximum absolute atomic E-state index is 11.7. The van der Waals surface area contributed by atoms with Crippen molar-refractivity contribution in [2.24, 2.45) is 5.92 Å². The first kappa shape index (κ1) is 15.8. The second-order valence-electron chi connectivity index (χ2n) is 4.79. The molecule has 0 aliphatic carbocycles. The first-order chi connectivity index (χ1) is 7.68. The lowest BCUT2D eigenvalue weighted by atomic mass is 9.98. The van der Waals surface area contributed by atoms with Crippen LogP contribution in [0.1, 0.15) is 34.6 Å². The number of Topliss-reactive ketones (excluding diaryl/α,β-unsaturated/α-hetero) is 1. The van der Waals surface area contributed by atoms with Crippen molar-refractivity contribution in [3.05, 3.63) is 12.2 Å². The van der Waals surface area contributed by atoms with Gasteiger partial charge in [-0.05, 0) is 26.3 Å². The van der Waals surface area contributed by atoms with E-state index in [1.807, 2.05) is 0 Å². The lowest BCUT2D eigenvalue weighted by Crippen LogP contribution is -2.36. The van der Waals surface area contributed by atoms with Crippen LogP contribution < -0.4 is 0 Å². The van der Waals surface area contributed by atoms with Crippen molar-refractivity contribution >= 4 is 11.8 Å². The number of esters is 1. The van der Waals surface area contributed by atoms with Gasteiger partial charge in [0.15, 0.2) is 5.78 Å². The molecule has 0 saturated heterocycles. The van der Waals surface area contributed by atoms with E-state index in [1.54, 1.807) is 34.6 Å². The van der Waals surface area contributed by atoms with Crippen LogP contribution in [0.5, 0.6) is 0 Å². The molecule has 0 aromatic rings. The molecule has 0 unspecified atom stereocenters. The zero-order chi connectivity index (χ0) is 13.6. The summed E-state index contributed by atoms with van der Waals surface area (Å²) in [6.45, 7) is 12.5. The average Bonchev–Trinajstić information content (AvgIpc) is 2.22. The smallest absolute Gasteiger partial charge is 0.308 e. The highest BCUT2D eigenvalue weighted by Gasteiger charge is 2.28. The van der Waals surface area contributed by atoms with Gasteiger partial charge in [0, 0.05) is 0 Å². The van der Waals surface area contributed by atoms with Gasteiger partial charge in [-0.3, -0.25) is 9.59 Å². The van der Waals surface area contributed by atoms with E-state index >= 15 is 0 Å². The summed E-state index contributed by atoms with van der Waals surface area (Å²) in [6.07, 6.45) is 0. The fourth-order valence-corrected chi connectivity index (χ4v) is 1.19. The fraction of sp³-hybridized carbons (Fsp3) is 0.692. The van der Waals surface area contributed by atoms with E-state index in [4.69, 9.17) is 9.47 Å². The largest absolute Gasteiger partial charge is 0.463 e. The van der Waals surface area contributed by atoms with E-state index in [9.17, 15) is 9.59 Å². The van der Waals surface area contributed by atoms with Crippen LogP contribution in [-0.2, 0) is 19.1 Å². The molecule has 0 saturated carbocycles. The zero-order valence-corrected chi connectivity index (χ0v) is 11.3. The van der Waals surface area contributed by atoms with Gasteiger partial charge in [0.05, 0.1) is 12.5 Å². The second kappa shape index (κ2) is 6.55. The Morgan fingerprint density at radius 3 is 2.18 bits per heavy atom. The van der Waals surface area contributed by atoms with Crippen LogP contribution in [0.2, 0.25) is 0 Å². The van der Waals surface area contributed by atoms with Crippen LogP contribution in [0.25, 0.3) is 0 Å². The molecule has 4 nitrogen and oxygen atoms in total. The van der Waals surface area contributed by atoms with E-state index in [0.29, 0.717) is 5.57 Å². The Labute approximate surface area is 103 Å². The lowest BCUT2D eigenvalue weighted by molar-refractivity contribution is -0.152. The van der Waals surface area contributed by atoms with Gasteiger partial charge in [-0.25, -0.2) is 0 Å². The molecule has 98 valence electrons. The van der Waals surface area contributed by atoms with Crippen molar-refractivity contribution in [1.82, 2.24) is 0 Å². The van der Waals surface area contributed by atoms with Gasteiger partial charge in [-0.1, -0.05) is 20.4 Å². The Balaban J connectivity index is 4.00. The molecule has 0 fully saturated rings. The highest BCUT2D eigenvalue weighted by molar-refractivity contribution is 6.00. The molecule has 0 heterocycles. The summed E-state index contributed by atoms with van der Waals surface area (Å²) in [5.41, 5.74) is -0.468. The number of carbonyl (C=O) groups excluding carboxylic acids is 2. The fourth-order valence-electron chi connectivity index (χ4n) is 1.19. The Hall–Kier alpha value is -1.16. The number of rotatable bonds is 7. The molecule has 0 N–H and O–H groups in total. The van der Waals surface area contributed by atoms with Crippen molar-refractivity contribution in [2.75, 3.05) is 13.2 Å². The molecule has 0 rings (SSSR count). The standard InChI is InChI=1S/C13H22O4/c1-9(2)11(14)13(5,6)17-8-7-16-12(15)10(3)4/h10H,1,7-8H2,2-6H3. The molecular formula is C13H22O4. The molecule has 0 atom stereocenters. The quantitative estimate of drug-likeness (QED) is 0.390. The number of ether oxygens (including phenoxy) is 2. The first-order valence-corrected chi connectivity index (χ1v) is 5.69. The highest BCUT2D eigenvalue weighted by atomic mass is 16.6. The van der Waals surface area contributed by atoms with Gasteiger partial charge in [0.1, 0.15) is 12.2 Å². The predicted molar refractivity (Wildman–Crippen MR) is 65.6 cm³/mol. The molecule has 4 heteroatoms. The van der Waals surface area contributed by atoms with Crippen molar-refractivity contribution in [1.29, 1.82) is 0 Å².